The van der Waals surface area contributed by atoms with E-state index in [9.17, 15) is 9.90 Å². The molecule has 2 unspecified atom stereocenters. The van der Waals surface area contributed by atoms with E-state index in [1.165, 1.54) is 0 Å². The number of nitrogens with zero attached hydrogens (tertiary/aromatic N) is 4. The minimum atomic E-state index is -0.516. The Balaban J connectivity index is 1.54. The number of rotatable bonds is 7. The van der Waals surface area contributed by atoms with Gasteiger partial charge in [-0.2, -0.15) is 0 Å². The molecule has 2 N–H and O–H groups in total. The van der Waals surface area contributed by atoms with Gasteiger partial charge in [0.15, 0.2) is 0 Å². The number of aromatic nitrogens is 2. The van der Waals surface area contributed by atoms with Crippen LogP contribution in [0.15, 0.2) is 24.5 Å². The minimum Gasteiger partial charge on any atom is -0.387 e. The summed E-state index contributed by atoms with van der Waals surface area (Å²) in [5, 5.41) is 14.8. The average Bonchev–Trinajstić information content (AvgIpc) is 3.09. The summed E-state index contributed by atoms with van der Waals surface area (Å²) in [6, 6.07) is 5.59. The topological polar surface area (TPSA) is 81.6 Å². The third-order valence-electron chi connectivity index (χ3n) is 6.61. The normalized spacial score (nSPS) is 22.9. The molecule has 1 saturated heterocycles. The maximum Gasteiger partial charge on any atom is 0.135 e. The van der Waals surface area contributed by atoms with Gasteiger partial charge < -0.3 is 14.8 Å². The smallest absolute Gasteiger partial charge is 0.135 e. The van der Waals surface area contributed by atoms with Gasteiger partial charge in [0, 0.05) is 37.8 Å². The Morgan fingerprint density at radius 3 is 2.52 bits per heavy atom. The molecular weight excluding hydrogens is 461 g/mol. The van der Waals surface area contributed by atoms with E-state index in [1.54, 1.807) is 18.5 Å². The molecule has 0 bridgehead atoms. The van der Waals surface area contributed by atoms with Crippen LogP contribution in [0, 0.1) is 0 Å². The first-order valence-corrected chi connectivity index (χ1v) is 12.2. The van der Waals surface area contributed by atoms with Crippen molar-refractivity contribution in [2.75, 3.05) is 31.1 Å². The van der Waals surface area contributed by atoms with E-state index < -0.39 is 6.10 Å². The first-order valence-electron chi connectivity index (χ1n) is 11.5. The van der Waals surface area contributed by atoms with Gasteiger partial charge in [0.2, 0.25) is 0 Å². The summed E-state index contributed by atoms with van der Waals surface area (Å²) < 4.78 is 0. The number of hydrogen-bond donors (Lipinski definition) is 2. The maximum absolute atomic E-state index is 12.3. The fraction of sp³-hybridized carbons (Fsp3) is 0.542. The highest BCUT2D eigenvalue weighted by Gasteiger charge is 2.36. The van der Waals surface area contributed by atoms with Crippen LogP contribution in [0.2, 0.25) is 10.0 Å². The fourth-order valence-electron chi connectivity index (χ4n) is 5.00. The molecule has 178 valence electrons. The van der Waals surface area contributed by atoms with E-state index in [2.05, 4.69) is 45.9 Å². The molecule has 2 aliphatic rings. The summed E-state index contributed by atoms with van der Waals surface area (Å²) >= 11 is 12.3. The molecule has 1 aliphatic carbocycles. The summed E-state index contributed by atoms with van der Waals surface area (Å²) in [4.78, 5) is 25.8. The Kier molecular flexibility index (Phi) is 7.56. The predicted molar refractivity (Wildman–Crippen MR) is 131 cm³/mol. The molecule has 4 atom stereocenters. The fourth-order valence-corrected chi connectivity index (χ4v) is 5.31. The van der Waals surface area contributed by atoms with Crippen molar-refractivity contribution < 1.29 is 9.90 Å². The van der Waals surface area contributed by atoms with E-state index in [4.69, 9.17) is 23.2 Å². The number of carbonyl (C=O) groups is 1. The van der Waals surface area contributed by atoms with Gasteiger partial charge in [-0.05, 0) is 43.9 Å². The number of aliphatic hydroxyl groups excluding tert-OH is 1. The second-order valence-corrected chi connectivity index (χ2v) is 10.1. The molecule has 4 rings (SSSR count). The van der Waals surface area contributed by atoms with Crippen molar-refractivity contribution >= 4 is 35.3 Å². The van der Waals surface area contributed by atoms with Crippen LogP contribution in [0.25, 0.3) is 0 Å². The summed E-state index contributed by atoms with van der Waals surface area (Å²) in [7, 11) is 0. The molecule has 2 heterocycles. The highest BCUT2D eigenvalue weighted by Crippen LogP contribution is 2.43. The molecule has 0 spiro atoms. The molecule has 9 heteroatoms. The van der Waals surface area contributed by atoms with Gasteiger partial charge in [-0.25, -0.2) is 9.97 Å². The number of fused-ring (bicyclic) bond motifs is 1. The average molecular weight is 492 g/mol. The van der Waals surface area contributed by atoms with E-state index >= 15 is 0 Å². The standard InChI is InChI=1S/C24H31Cl2N5O2/c1-14(2)29-23(17(12-32)16-4-5-18(25)19(26)11-16)30-6-8-31(9-7-30)24-21-15(3)10-20(33)22(21)27-13-28-24/h4-5,11-15,17,20,23,29,33H,6-10H2,1-3H3/t15-,17?,20-,23?/m1/s1. The molecule has 7 nitrogen and oxygen atoms in total. The van der Waals surface area contributed by atoms with Crippen LogP contribution in [-0.2, 0) is 4.79 Å². The van der Waals surface area contributed by atoms with Crippen LogP contribution in [0.1, 0.15) is 62.0 Å². The minimum absolute atomic E-state index is 0.168. The molecule has 1 aromatic carbocycles. The second-order valence-electron chi connectivity index (χ2n) is 9.27. The molecule has 0 radical (unpaired) electrons. The van der Waals surface area contributed by atoms with Crippen LogP contribution in [0.4, 0.5) is 5.82 Å². The van der Waals surface area contributed by atoms with Crippen LogP contribution in [0.5, 0.6) is 0 Å². The summed E-state index contributed by atoms with van der Waals surface area (Å²) in [5.41, 5.74) is 2.67. The second kappa shape index (κ2) is 10.2. The molecule has 1 aromatic heterocycles. The third kappa shape index (κ3) is 5.03. The van der Waals surface area contributed by atoms with E-state index in [1.807, 2.05) is 6.07 Å². The molecule has 0 saturated carbocycles. The lowest BCUT2D eigenvalue weighted by atomic mass is 9.95. The lowest BCUT2D eigenvalue weighted by Crippen LogP contribution is -2.58. The van der Waals surface area contributed by atoms with Crippen LogP contribution >= 0.6 is 23.2 Å². The number of anilines is 1. The van der Waals surface area contributed by atoms with Crippen molar-refractivity contribution in [2.45, 2.75) is 57.3 Å². The van der Waals surface area contributed by atoms with Crippen molar-refractivity contribution in [2.24, 2.45) is 0 Å². The third-order valence-corrected chi connectivity index (χ3v) is 7.34. The predicted octanol–water partition coefficient (Wildman–Crippen LogP) is 3.75. The summed E-state index contributed by atoms with van der Waals surface area (Å²) in [6.07, 6.45) is 2.55. The van der Waals surface area contributed by atoms with Crippen LogP contribution in [-0.4, -0.2) is 64.6 Å². The Labute approximate surface area is 205 Å². The first-order chi connectivity index (χ1) is 15.8. The number of aldehydes is 1. The molecule has 1 aliphatic heterocycles. The largest absolute Gasteiger partial charge is 0.387 e. The number of benzene rings is 1. The van der Waals surface area contributed by atoms with Gasteiger partial charge in [-0.1, -0.05) is 36.2 Å². The number of carbonyl (C=O) groups excluding carboxylic acids is 1. The Bertz CT molecular complexity index is 997. The number of nitrogens with one attached hydrogen (secondary N) is 1. The Morgan fingerprint density at radius 1 is 1.15 bits per heavy atom. The zero-order valence-electron chi connectivity index (χ0n) is 19.2. The van der Waals surface area contributed by atoms with Gasteiger partial charge in [-0.15, -0.1) is 0 Å². The Morgan fingerprint density at radius 2 is 1.88 bits per heavy atom. The van der Waals surface area contributed by atoms with E-state index in [-0.39, 0.29) is 24.0 Å². The van der Waals surface area contributed by atoms with Crippen molar-refractivity contribution in [3.8, 4) is 0 Å². The molecule has 1 fully saturated rings. The number of aliphatic hydroxyl groups is 1. The quantitative estimate of drug-likeness (QED) is 0.570. The van der Waals surface area contributed by atoms with Gasteiger partial charge in [0.05, 0.1) is 33.9 Å². The van der Waals surface area contributed by atoms with Crippen LogP contribution in [0.3, 0.4) is 0 Å². The number of hydrogen-bond acceptors (Lipinski definition) is 7. The maximum atomic E-state index is 12.3. The van der Waals surface area contributed by atoms with Gasteiger partial charge >= 0.3 is 0 Å². The van der Waals surface area contributed by atoms with Crippen molar-refractivity contribution in [3.63, 3.8) is 0 Å². The number of piperazine rings is 1. The Hall–Kier alpha value is -1.77. The van der Waals surface area contributed by atoms with E-state index in [0.29, 0.717) is 16.5 Å². The van der Waals surface area contributed by atoms with Crippen LogP contribution < -0.4 is 10.2 Å². The zero-order chi connectivity index (χ0) is 23.7. The lowest BCUT2D eigenvalue weighted by Gasteiger charge is -2.43. The molecule has 33 heavy (non-hydrogen) atoms. The van der Waals surface area contributed by atoms with Crippen molar-refractivity contribution in [3.05, 3.63) is 51.4 Å². The molecule has 2 aromatic rings. The molecular formula is C24H31Cl2N5O2. The first kappa shape index (κ1) is 24.4. The van der Waals surface area contributed by atoms with Crippen molar-refractivity contribution in [1.82, 2.24) is 20.2 Å². The van der Waals surface area contributed by atoms with Gasteiger partial charge in [-0.3, -0.25) is 10.2 Å². The van der Waals surface area contributed by atoms with Crippen molar-refractivity contribution in [1.29, 1.82) is 0 Å². The SMILES string of the molecule is CC(C)NC(C(C=O)c1ccc(Cl)c(Cl)c1)N1CCN(c2ncnc3c2[C@H](C)C[C@H]3O)CC1. The monoisotopic (exact) mass is 491 g/mol. The van der Waals surface area contributed by atoms with E-state index in [0.717, 1.165) is 55.1 Å². The zero-order valence-corrected chi connectivity index (χ0v) is 20.7. The highest BCUT2D eigenvalue weighted by molar-refractivity contribution is 6.42. The number of halogens is 2. The molecule has 0 amide bonds. The van der Waals surface area contributed by atoms with Gasteiger partial charge in [0.25, 0.3) is 0 Å². The summed E-state index contributed by atoms with van der Waals surface area (Å²) in [6.45, 7) is 9.36. The lowest BCUT2D eigenvalue weighted by molar-refractivity contribution is -0.111. The highest BCUT2D eigenvalue weighted by atomic mass is 35.5. The summed E-state index contributed by atoms with van der Waals surface area (Å²) in [5.74, 6) is 0.773. The van der Waals surface area contributed by atoms with Gasteiger partial charge in [0.1, 0.15) is 18.4 Å².